The lowest BCUT2D eigenvalue weighted by atomic mass is 9.98. The van der Waals surface area contributed by atoms with Gasteiger partial charge in [0.15, 0.2) is 0 Å². The highest BCUT2D eigenvalue weighted by atomic mass is 15.2. The Bertz CT molecular complexity index is 129. The highest BCUT2D eigenvalue weighted by Gasteiger charge is 2.35. The minimum absolute atomic E-state index is 0.980. The van der Waals surface area contributed by atoms with E-state index in [1.807, 2.05) is 0 Å². The standard InChI is InChI=1S/C10H19N/c1-2-11-8-4-3-5-10(11)9-6-7-9/h9-10H,2-8H2,1H3. The molecule has 1 aliphatic heterocycles. The smallest absolute Gasteiger partial charge is 0.0123 e. The summed E-state index contributed by atoms with van der Waals surface area (Å²) in [5.41, 5.74) is 0. The molecule has 0 spiro atoms. The molecule has 1 atom stereocenters. The molecule has 11 heavy (non-hydrogen) atoms. The van der Waals surface area contributed by atoms with Crippen LogP contribution in [0.2, 0.25) is 0 Å². The first-order chi connectivity index (χ1) is 5.42. The first kappa shape index (κ1) is 7.60. The van der Waals surface area contributed by atoms with E-state index >= 15 is 0 Å². The van der Waals surface area contributed by atoms with Gasteiger partial charge in [0.05, 0.1) is 0 Å². The Hall–Kier alpha value is -0.0400. The van der Waals surface area contributed by atoms with Gasteiger partial charge in [0.2, 0.25) is 0 Å². The summed E-state index contributed by atoms with van der Waals surface area (Å²) in [5.74, 6) is 1.09. The minimum atomic E-state index is 0.980. The predicted molar refractivity (Wildman–Crippen MR) is 47.6 cm³/mol. The fourth-order valence-electron chi connectivity index (χ4n) is 2.42. The topological polar surface area (TPSA) is 3.24 Å². The Morgan fingerprint density at radius 3 is 2.64 bits per heavy atom. The van der Waals surface area contributed by atoms with Crippen molar-refractivity contribution in [1.82, 2.24) is 4.90 Å². The molecular weight excluding hydrogens is 134 g/mol. The molecule has 0 bridgehead atoms. The van der Waals surface area contributed by atoms with Crippen molar-refractivity contribution in [2.24, 2.45) is 5.92 Å². The molecule has 1 heterocycles. The van der Waals surface area contributed by atoms with Gasteiger partial charge in [0, 0.05) is 6.04 Å². The van der Waals surface area contributed by atoms with Crippen molar-refractivity contribution in [3.05, 3.63) is 0 Å². The molecule has 2 rings (SSSR count). The lowest BCUT2D eigenvalue weighted by Crippen LogP contribution is -2.40. The average Bonchev–Trinajstić information content (AvgIpc) is 2.87. The number of piperidine rings is 1. The maximum atomic E-state index is 2.70. The van der Waals surface area contributed by atoms with Gasteiger partial charge in [-0.2, -0.15) is 0 Å². The quantitative estimate of drug-likeness (QED) is 0.588. The molecule has 0 aromatic heterocycles. The van der Waals surface area contributed by atoms with E-state index in [0.29, 0.717) is 0 Å². The highest BCUT2D eigenvalue weighted by molar-refractivity contribution is 4.89. The molecule has 1 nitrogen and oxygen atoms in total. The van der Waals surface area contributed by atoms with Gasteiger partial charge in [0.1, 0.15) is 0 Å². The van der Waals surface area contributed by atoms with Crippen LogP contribution in [0.1, 0.15) is 39.0 Å². The molecule has 0 amide bonds. The van der Waals surface area contributed by atoms with Crippen LogP contribution in [0.5, 0.6) is 0 Å². The summed E-state index contributed by atoms with van der Waals surface area (Å²) in [6.45, 7) is 4.96. The maximum absolute atomic E-state index is 2.70. The second-order valence-corrected chi connectivity index (χ2v) is 4.03. The van der Waals surface area contributed by atoms with Crippen LogP contribution >= 0.6 is 0 Å². The van der Waals surface area contributed by atoms with E-state index in [2.05, 4.69) is 11.8 Å². The Kier molecular flexibility index (Phi) is 2.17. The zero-order chi connectivity index (χ0) is 7.68. The van der Waals surface area contributed by atoms with Gasteiger partial charge in [-0.3, -0.25) is 0 Å². The van der Waals surface area contributed by atoms with Crippen LogP contribution in [0.15, 0.2) is 0 Å². The van der Waals surface area contributed by atoms with Crippen molar-refractivity contribution in [2.75, 3.05) is 13.1 Å². The number of rotatable bonds is 2. The van der Waals surface area contributed by atoms with Gasteiger partial charge in [0.25, 0.3) is 0 Å². The first-order valence-corrected chi connectivity index (χ1v) is 5.16. The normalized spacial score (nSPS) is 34.1. The van der Waals surface area contributed by atoms with Crippen LogP contribution in [0.3, 0.4) is 0 Å². The second kappa shape index (κ2) is 3.14. The van der Waals surface area contributed by atoms with E-state index < -0.39 is 0 Å². The number of hydrogen-bond donors (Lipinski definition) is 0. The Labute approximate surface area is 69.8 Å². The van der Waals surface area contributed by atoms with Gasteiger partial charge in [-0.25, -0.2) is 0 Å². The van der Waals surface area contributed by atoms with Gasteiger partial charge in [-0.1, -0.05) is 13.3 Å². The molecule has 1 aliphatic carbocycles. The van der Waals surface area contributed by atoms with E-state index in [4.69, 9.17) is 0 Å². The molecule has 64 valence electrons. The minimum Gasteiger partial charge on any atom is -0.300 e. The van der Waals surface area contributed by atoms with Crippen molar-refractivity contribution in [2.45, 2.75) is 45.1 Å². The monoisotopic (exact) mass is 153 g/mol. The summed E-state index contributed by atoms with van der Waals surface area (Å²) in [6.07, 6.45) is 7.44. The van der Waals surface area contributed by atoms with Crippen LogP contribution in [0.25, 0.3) is 0 Å². The largest absolute Gasteiger partial charge is 0.300 e. The molecule has 1 heteroatoms. The third-order valence-corrected chi connectivity index (χ3v) is 3.24. The average molecular weight is 153 g/mol. The van der Waals surface area contributed by atoms with Crippen LogP contribution in [-0.2, 0) is 0 Å². The number of hydrogen-bond acceptors (Lipinski definition) is 1. The molecular formula is C10H19N. The summed E-state index contributed by atoms with van der Waals surface area (Å²) >= 11 is 0. The van der Waals surface area contributed by atoms with Crippen molar-refractivity contribution in [3.63, 3.8) is 0 Å². The summed E-state index contributed by atoms with van der Waals surface area (Å²) < 4.78 is 0. The van der Waals surface area contributed by atoms with Crippen LogP contribution in [0, 0.1) is 5.92 Å². The molecule has 1 saturated heterocycles. The van der Waals surface area contributed by atoms with Gasteiger partial charge in [-0.15, -0.1) is 0 Å². The first-order valence-electron chi connectivity index (χ1n) is 5.16. The molecule has 2 aliphatic rings. The summed E-state index contributed by atoms with van der Waals surface area (Å²) in [5, 5.41) is 0. The third kappa shape index (κ3) is 1.58. The lowest BCUT2D eigenvalue weighted by Gasteiger charge is -2.35. The van der Waals surface area contributed by atoms with E-state index in [0.717, 1.165) is 12.0 Å². The zero-order valence-electron chi connectivity index (χ0n) is 7.55. The Morgan fingerprint density at radius 2 is 2.00 bits per heavy atom. The van der Waals surface area contributed by atoms with Crippen LogP contribution in [0.4, 0.5) is 0 Å². The van der Waals surface area contributed by atoms with Gasteiger partial charge >= 0.3 is 0 Å². The molecule has 1 unspecified atom stereocenters. The summed E-state index contributed by atoms with van der Waals surface area (Å²) in [6, 6.07) is 0.980. The van der Waals surface area contributed by atoms with Crippen LogP contribution in [-0.4, -0.2) is 24.0 Å². The Morgan fingerprint density at radius 1 is 1.18 bits per heavy atom. The van der Waals surface area contributed by atoms with Crippen molar-refractivity contribution >= 4 is 0 Å². The fraction of sp³-hybridized carbons (Fsp3) is 1.00. The van der Waals surface area contributed by atoms with Gasteiger partial charge < -0.3 is 4.90 Å². The predicted octanol–water partition coefficient (Wildman–Crippen LogP) is 2.27. The van der Waals surface area contributed by atoms with Crippen LogP contribution < -0.4 is 0 Å². The molecule has 2 fully saturated rings. The van der Waals surface area contributed by atoms with E-state index in [-0.39, 0.29) is 0 Å². The second-order valence-electron chi connectivity index (χ2n) is 4.03. The molecule has 0 aromatic rings. The van der Waals surface area contributed by atoms with Crippen molar-refractivity contribution in [3.8, 4) is 0 Å². The fourth-order valence-corrected chi connectivity index (χ4v) is 2.42. The van der Waals surface area contributed by atoms with E-state index in [1.54, 1.807) is 0 Å². The van der Waals surface area contributed by atoms with E-state index in [9.17, 15) is 0 Å². The summed E-state index contributed by atoms with van der Waals surface area (Å²) in [4.78, 5) is 2.70. The summed E-state index contributed by atoms with van der Waals surface area (Å²) in [7, 11) is 0. The molecule has 0 aromatic carbocycles. The maximum Gasteiger partial charge on any atom is 0.0123 e. The SMILES string of the molecule is CCN1CCCCC1C1CC1. The molecule has 0 N–H and O–H groups in total. The number of nitrogens with zero attached hydrogens (tertiary/aromatic N) is 1. The third-order valence-electron chi connectivity index (χ3n) is 3.24. The van der Waals surface area contributed by atoms with E-state index in [1.165, 1.54) is 45.2 Å². The van der Waals surface area contributed by atoms with Crippen molar-refractivity contribution in [1.29, 1.82) is 0 Å². The highest BCUT2D eigenvalue weighted by Crippen LogP contribution is 2.39. The zero-order valence-corrected chi connectivity index (χ0v) is 7.55. The molecule has 0 radical (unpaired) electrons. The van der Waals surface area contributed by atoms with Gasteiger partial charge in [-0.05, 0) is 44.7 Å². The Balaban J connectivity index is 1.91. The molecule has 1 saturated carbocycles. The number of likely N-dealkylation sites (tertiary alicyclic amines) is 1. The lowest BCUT2D eigenvalue weighted by molar-refractivity contribution is 0.138. The van der Waals surface area contributed by atoms with Crippen molar-refractivity contribution < 1.29 is 0 Å².